The van der Waals surface area contributed by atoms with Crippen molar-refractivity contribution in [2.45, 2.75) is 39.5 Å². The van der Waals surface area contributed by atoms with Crippen molar-refractivity contribution < 1.29 is 13.9 Å². The van der Waals surface area contributed by atoms with Gasteiger partial charge in [0.2, 0.25) is 0 Å². The largest absolute Gasteiger partial charge is 0.396 e. The van der Waals surface area contributed by atoms with E-state index in [2.05, 4.69) is 27.4 Å². The number of halogens is 3. The monoisotopic (exact) mass is 524 g/mol. The van der Waals surface area contributed by atoms with Crippen molar-refractivity contribution in [3.63, 3.8) is 0 Å². The van der Waals surface area contributed by atoms with Gasteiger partial charge in [0.05, 0.1) is 0 Å². The Bertz CT molecular complexity index is 627. The Labute approximate surface area is 190 Å². The van der Waals surface area contributed by atoms with Crippen LogP contribution in [0.15, 0.2) is 23.2 Å². The number of hydrogen-bond acceptors (Lipinski definition) is 3. The van der Waals surface area contributed by atoms with Gasteiger partial charge in [-0.1, -0.05) is 13.3 Å². The number of aliphatic hydroxyl groups excluding tert-OH is 1. The van der Waals surface area contributed by atoms with E-state index in [1.807, 2.05) is 6.92 Å². The Hall–Kier alpha value is -1.16. The number of guanidine groups is 1. The number of hydrogen-bond donors (Lipinski definition) is 3. The molecule has 1 aromatic rings. The number of rotatable bonds is 10. The van der Waals surface area contributed by atoms with Crippen molar-refractivity contribution in [3.8, 4) is 0 Å². The van der Waals surface area contributed by atoms with Gasteiger partial charge in [-0.2, -0.15) is 0 Å². The second-order valence-corrected chi connectivity index (χ2v) is 7.47. The maximum Gasteiger partial charge on any atom is 0.191 e. The Kier molecular flexibility index (Phi) is 12.4. The average molecular weight is 524 g/mol. The van der Waals surface area contributed by atoms with Crippen LogP contribution in [-0.2, 0) is 0 Å². The van der Waals surface area contributed by atoms with Gasteiger partial charge in [0.15, 0.2) is 17.6 Å². The first-order valence-corrected chi connectivity index (χ1v) is 10.4. The molecule has 0 bridgehead atoms. The maximum absolute atomic E-state index is 13.5. The molecule has 1 fully saturated rings. The Morgan fingerprint density at radius 2 is 2.03 bits per heavy atom. The molecule has 1 aliphatic rings. The van der Waals surface area contributed by atoms with E-state index < -0.39 is 11.6 Å². The molecule has 8 heteroatoms. The molecule has 1 aliphatic heterocycles. The van der Waals surface area contributed by atoms with Gasteiger partial charge in [-0.15, -0.1) is 24.0 Å². The summed E-state index contributed by atoms with van der Waals surface area (Å²) in [5.74, 6) is 0.00913. The van der Waals surface area contributed by atoms with E-state index in [1.165, 1.54) is 12.1 Å². The molecular weight excluding hydrogens is 489 g/mol. The highest BCUT2D eigenvalue weighted by Crippen LogP contribution is 2.25. The summed E-state index contributed by atoms with van der Waals surface area (Å²) in [5, 5.41) is 15.9. The molecule has 0 spiro atoms. The second-order valence-electron chi connectivity index (χ2n) is 7.47. The first-order chi connectivity index (χ1) is 13.6. The Balaban J connectivity index is 0.00000420. The number of aliphatic hydroxyl groups is 1. The molecule has 1 heterocycles. The van der Waals surface area contributed by atoms with Crippen molar-refractivity contribution in [2.75, 3.05) is 44.2 Å². The summed E-state index contributed by atoms with van der Waals surface area (Å²) in [6.45, 7) is 8.30. The summed E-state index contributed by atoms with van der Waals surface area (Å²) in [7, 11) is 0. The van der Waals surface area contributed by atoms with Crippen molar-refractivity contribution in [1.29, 1.82) is 0 Å². The highest BCUT2D eigenvalue weighted by molar-refractivity contribution is 14.0. The van der Waals surface area contributed by atoms with Gasteiger partial charge in [0, 0.05) is 51.1 Å². The van der Waals surface area contributed by atoms with Crippen LogP contribution in [0.25, 0.3) is 0 Å². The lowest BCUT2D eigenvalue weighted by Crippen LogP contribution is -2.40. The zero-order chi connectivity index (χ0) is 20.4. The minimum absolute atomic E-state index is 0. The van der Waals surface area contributed by atoms with E-state index in [-0.39, 0.29) is 30.6 Å². The normalized spacial score (nSPS) is 17.8. The number of aliphatic imine (C=N–C) groups is 1. The molecule has 0 radical (unpaired) electrons. The van der Waals surface area contributed by atoms with Crippen LogP contribution in [0.4, 0.5) is 14.5 Å². The third-order valence-electron chi connectivity index (χ3n) is 5.20. The van der Waals surface area contributed by atoms with Gasteiger partial charge in [-0.05, 0) is 50.2 Å². The highest BCUT2D eigenvalue weighted by Gasteiger charge is 2.23. The number of nitrogens with zero attached hydrogens (tertiary/aromatic N) is 2. The molecule has 0 amide bonds. The minimum atomic E-state index is -0.810. The van der Waals surface area contributed by atoms with Crippen LogP contribution < -0.4 is 15.5 Å². The summed E-state index contributed by atoms with van der Waals surface area (Å²) >= 11 is 0. The van der Waals surface area contributed by atoms with E-state index in [0.717, 1.165) is 63.5 Å². The van der Waals surface area contributed by atoms with Crippen molar-refractivity contribution in [2.24, 2.45) is 16.8 Å². The highest BCUT2D eigenvalue weighted by atomic mass is 127. The third-order valence-corrected chi connectivity index (χ3v) is 5.20. The summed E-state index contributed by atoms with van der Waals surface area (Å²) in [5.41, 5.74) is 0.730. The summed E-state index contributed by atoms with van der Waals surface area (Å²) < 4.78 is 26.6. The zero-order valence-electron chi connectivity index (χ0n) is 17.5. The molecule has 2 unspecified atom stereocenters. The zero-order valence-corrected chi connectivity index (χ0v) is 19.8. The molecule has 1 aromatic carbocycles. The van der Waals surface area contributed by atoms with E-state index in [4.69, 9.17) is 0 Å². The molecular formula is C21H35F2IN4O. The van der Waals surface area contributed by atoms with E-state index in [0.29, 0.717) is 18.4 Å². The summed E-state index contributed by atoms with van der Waals surface area (Å²) in [4.78, 5) is 6.78. The smallest absolute Gasteiger partial charge is 0.191 e. The standard InChI is InChI=1S/C21H34F2N4O.HI/c1-3-5-16(9-11-28)13-25-21(24-4-2)26-14-17-8-10-27(15-17)18-6-7-19(22)20(23)12-18;/h6-7,12,16-17,28H,3-5,8-11,13-15H2,1-2H3,(H2,24,25,26);1H. The van der Waals surface area contributed by atoms with Crippen LogP contribution in [-0.4, -0.2) is 50.4 Å². The van der Waals surface area contributed by atoms with E-state index in [1.54, 1.807) is 6.07 Å². The van der Waals surface area contributed by atoms with Crippen LogP contribution in [0, 0.1) is 23.5 Å². The molecule has 2 atom stereocenters. The van der Waals surface area contributed by atoms with Gasteiger partial charge in [-0.25, -0.2) is 8.78 Å². The topological polar surface area (TPSA) is 59.9 Å². The van der Waals surface area contributed by atoms with Gasteiger partial charge in [0.1, 0.15) is 0 Å². The molecule has 3 N–H and O–H groups in total. The van der Waals surface area contributed by atoms with Gasteiger partial charge < -0.3 is 20.6 Å². The third kappa shape index (κ3) is 8.62. The molecule has 2 rings (SSSR count). The van der Waals surface area contributed by atoms with Crippen molar-refractivity contribution in [3.05, 3.63) is 29.8 Å². The van der Waals surface area contributed by atoms with Gasteiger partial charge in [0.25, 0.3) is 0 Å². The van der Waals surface area contributed by atoms with Crippen LogP contribution in [0.1, 0.15) is 39.5 Å². The van der Waals surface area contributed by atoms with Crippen LogP contribution >= 0.6 is 24.0 Å². The Morgan fingerprint density at radius 1 is 1.24 bits per heavy atom. The van der Waals surface area contributed by atoms with E-state index in [9.17, 15) is 13.9 Å². The van der Waals surface area contributed by atoms with Crippen LogP contribution in [0.3, 0.4) is 0 Å². The molecule has 166 valence electrons. The lowest BCUT2D eigenvalue weighted by atomic mass is 10.0. The van der Waals surface area contributed by atoms with Gasteiger partial charge in [-0.3, -0.25) is 4.99 Å². The summed E-state index contributed by atoms with van der Waals surface area (Å²) in [6.07, 6.45) is 3.93. The number of anilines is 1. The Morgan fingerprint density at radius 3 is 2.69 bits per heavy atom. The second kappa shape index (κ2) is 14.0. The predicted octanol–water partition coefficient (Wildman–Crippen LogP) is 3.76. The number of benzene rings is 1. The molecule has 0 aromatic heterocycles. The minimum Gasteiger partial charge on any atom is -0.396 e. The van der Waals surface area contributed by atoms with Crippen LogP contribution in [0.5, 0.6) is 0 Å². The first kappa shape index (κ1) is 25.9. The maximum atomic E-state index is 13.5. The fraction of sp³-hybridized carbons (Fsp3) is 0.667. The van der Waals surface area contributed by atoms with Crippen molar-refractivity contribution in [1.82, 2.24) is 10.6 Å². The van der Waals surface area contributed by atoms with Crippen LogP contribution in [0.2, 0.25) is 0 Å². The lowest BCUT2D eigenvalue weighted by Gasteiger charge is -2.20. The van der Waals surface area contributed by atoms with E-state index >= 15 is 0 Å². The van der Waals surface area contributed by atoms with Crippen molar-refractivity contribution >= 4 is 35.6 Å². The molecule has 29 heavy (non-hydrogen) atoms. The quantitative estimate of drug-likeness (QED) is 0.248. The number of nitrogens with one attached hydrogen (secondary N) is 2. The molecule has 0 saturated carbocycles. The fourth-order valence-corrected chi connectivity index (χ4v) is 3.64. The molecule has 1 saturated heterocycles. The van der Waals surface area contributed by atoms with Gasteiger partial charge >= 0.3 is 0 Å². The predicted molar refractivity (Wildman–Crippen MR) is 126 cm³/mol. The molecule has 0 aliphatic carbocycles. The first-order valence-electron chi connectivity index (χ1n) is 10.4. The fourth-order valence-electron chi connectivity index (χ4n) is 3.64. The summed E-state index contributed by atoms with van der Waals surface area (Å²) in [6, 6.07) is 4.09. The average Bonchev–Trinajstić information content (AvgIpc) is 3.15. The lowest BCUT2D eigenvalue weighted by molar-refractivity contribution is 0.253. The molecule has 5 nitrogen and oxygen atoms in total. The SMILES string of the molecule is CCCC(CCO)CN=C(NCC)NCC1CCN(c2ccc(F)c(F)c2)C1.I.